The third-order valence-electron chi connectivity index (χ3n) is 3.03. The fourth-order valence-corrected chi connectivity index (χ4v) is 3.21. The molecule has 2 aromatic heterocycles. The summed E-state index contributed by atoms with van der Waals surface area (Å²) in [4.78, 5) is 28.5. The minimum Gasteiger partial charge on any atom is -0.320 e. The molecule has 0 radical (unpaired) electrons. The standard InChI is InChI=1S/C13H10ClN3O2S/c14-7-3-4-20-11(7)10(15)6-1-2-8-9(5-6)17-13(19)12(18)16-8/h1-5,10H,15H2,(H,16,18)(H,17,19). The number of hydrogen-bond acceptors (Lipinski definition) is 4. The topological polar surface area (TPSA) is 91.7 Å². The maximum absolute atomic E-state index is 11.3. The summed E-state index contributed by atoms with van der Waals surface area (Å²) in [5.74, 6) is 0. The summed E-state index contributed by atoms with van der Waals surface area (Å²) in [7, 11) is 0. The summed E-state index contributed by atoms with van der Waals surface area (Å²) in [5.41, 5.74) is 6.73. The summed E-state index contributed by atoms with van der Waals surface area (Å²) in [6, 6.07) is 6.68. The number of fused-ring (bicyclic) bond motifs is 1. The highest BCUT2D eigenvalue weighted by atomic mass is 35.5. The highest BCUT2D eigenvalue weighted by molar-refractivity contribution is 7.10. The fraction of sp³-hybridized carbons (Fsp3) is 0.0769. The quantitative estimate of drug-likeness (QED) is 0.632. The molecule has 0 aliphatic rings. The van der Waals surface area contributed by atoms with Gasteiger partial charge in [0.25, 0.3) is 0 Å². The van der Waals surface area contributed by atoms with Crippen LogP contribution in [0.3, 0.4) is 0 Å². The van der Waals surface area contributed by atoms with Gasteiger partial charge in [-0.25, -0.2) is 0 Å². The molecule has 102 valence electrons. The van der Waals surface area contributed by atoms with Crippen LogP contribution in [0, 0.1) is 0 Å². The normalized spacial score (nSPS) is 12.7. The van der Waals surface area contributed by atoms with Gasteiger partial charge in [-0.05, 0) is 29.1 Å². The Morgan fingerprint density at radius 3 is 2.45 bits per heavy atom. The first-order chi connectivity index (χ1) is 9.56. The minimum absolute atomic E-state index is 0.373. The van der Waals surface area contributed by atoms with Crippen molar-refractivity contribution >= 4 is 34.0 Å². The number of hydrogen-bond donors (Lipinski definition) is 3. The van der Waals surface area contributed by atoms with E-state index in [9.17, 15) is 9.59 Å². The van der Waals surface area contributed by atoms with E-state index < -0.39 is 11.1 Å². The van der Waals surface area contributed by atoms with Crippen molar-refractivity contribution in [3.63, 3.8) is 0 Å². The van der Waals surface area contributed by atoms with E-state index in [2.05, 4.69) is 9.97 Å². The van der Waals surface area contributed by atoms with Gasteiger partial charge in [0.1, 0.15) is 0 Å². The molecule has 2 heterocycles. The predicted octanol–water partition coefficient (Wildman–Crippen LogP) is 1.98. The lowest BCUT2D eigenvalue weighted by molar-refractivity contribution is 0.894. The number of aromatic nitrogens is 2. The number of aromatic amines is 2. The average Bonchev–Trinajstić information content (AvgIpc) is 2.85. The van der Waals surface area contributed by atoms with Crippen LogP contribution < -0.4 is 16.9 Å². The van der Waals surface area contributed by atoms with Crippen LogP contribution in [0.15, 0.2) is 39.2 Å². The van der Waals surface area contributed by atoms with Gasteiger partial charge < -0.3 is 15.7 Å². The van der Waals surface area contributed by atoms with E-state index in [1.54, 1.807) is 24.3 Å². The van der Waals surface area contributed by atoms with Crippen LogP contribution in [-0.2, 0) is 0 Å². The van der Waals surface area contributed by atoms with Gasteiger partial charge in [0, 0.05) is 4.88 Å². The molecule has 3 rings (SSSR count). The Balaban J connectivity index is 2.14. The minimum atomic E-state index is -0.683. The molecule has 0 aliphatic carbocycles. The lowest BCUT2D eigenvalue weighted by Gasteiger charge is -2.11. The van der Waals surface area contributed by atoms with E-state index in [0.29, 0.717) is 16.1 Å². The van der Waals surface area contributed by atoms with Crippen LogP contribution in [-0.4, -0.2) is 9.97 Å². The average molecular weight is 308 g/mol. The molecule has 5 nitrogen and oxygen atoms in total. The molecule has 0 aliphatic heterocycles. The SMILES string of the molecule is NC(c1ccc2[nH]c(=O)c(=O)[nH]c2c1)c1sccc1Cl. The van der Waals surface area contributed by atoms with Crippen LogP contribution in [0.5, 0.6) is 0 Å². The first-order valence-corrected chi connectivity index (χ1v) is 7.07. The van der Waals surface area contributed by atoms with E-state index in [1.165, 1.54) is 11.3 Å². The predicted molar refractivity (Wildman–Crippen MR) is 80.5 cm³/mol. The molecule has 20 heavy (non-hydrogen) atoms. The molecule has 0 spiro atoms. The summed E-state index contributed by atoms with van der Waals surface area (Å²) >= 11 is 7.55. The number of benzene rings is 1. The van der Waals surface area contributed by atoms with Crippen LogP contribution in [0.25, 0.3) is 11.0 Å². The molecule has 0 saturated carbocycles. The second-order valence-corrected chi connectivity index (χ2v) is 5.68. The van der Waals surface area contributed by atoms with Gasteiger partial charge in [0.05, 0.1) is 22.1 Å². The third-order valence-corrected chi connectivity index (χ3v) is 4.47. The van der Waals surface area contributed by atoms with E-state index >= 15 is 0 Å². The van der Waals surface area contributed by atoms with Crippen molar-refractivity contribution < 1.29 is 0 Å². The van der Waals surface area contributed by atoms with Gasteiger partial charge in [-0.3, -0.25) is 9.59 Å². The summed E-state index contributed by atoms with van der Waals surface area (Å²) in [6.45, 7) is 0. The smallest absolute Gasteiger partial charge is 0.314 e. The Hall–Kier alpha value is -1.89. The Morgan fingerprint density at radius 1 is 1.10 bits per heavy atom. The van der Waals surface area contributed by atoms with Gasteiger partial charge in [-0.1, -0.05) is 17.7 Å². The van der Waals surface area contributed by atoms with Crippen molar-refractivity contribution in [3.05, 3.63) is 65.8 Å². The zero-order chi connectivity index (χ0) is 14.3. The van der Waals surface area contributed by atoms with Crippen molar-refractivity contribution in [2.45, 2.75) is 6.04 Å². The van der Waals surface area contributed by atoms with Gasteiger partial charge in [0.2, 0.25) is 0 Å². The number of thiophene rings is 1. The van der Waals surface area contributed by atoms with Crippen molar-refractivity contribution in [1.29, 1.82) is 0 Å². The van der Waals surface area contributed by atoms with Gasteiger partial charge >= 0.3 is 11.1 Å². The van der Waals surface area contributed by atoms with E-state index in [1.807, 2.05) is 5.38 Å². The Labute approximate surface area is 122 Å². The zero-order valence-corrected chi connectivity index (χ0v) is 11.7. The molecule has 1 aromatic carbocycles. The zero-order valence-electron chi connectivity index (χ0n) is 10.1. The summed E-state index contributed by atoms with van der Waals surface area (Å²) in [6.07, 6.45) is 0. The van der Waals surface area contributed by atoms with Crippen LogP contribution >= 0.6 is 22.9 Å². The first-order valence-electron chi connectivity index (χ1n) is 5.81. The highest BCUT2D eigenvalue weighted by Gasteiger charge is 2.14. The molecule has 0 fully saturated rings. The van der Waals surface area contributed by atoms with Crippen molar-refractivity contribution in [2.75, 3.05) is 0 Å². The molecule has 4 N–H and O–H groups in total. The van der Waals surface area contributed by atoms with Crippen molar-refractivity contribution in [1.82, 2.24) is 9.97 Å². The maximum atomic E-state index is 11.3. The van der Waals surface area contributed by atoms with E-state index in [-0.39, 0.29) is 6.04 Å². The lowest BCUT2D eigenvalue weighted by atomic mass is 10.1. The molecule has 0 amide bonds. The van der Waals surface area contributed by atoms with Crippen molar-refractivity contribution in [2.24, 2.45) is 5.73 Å². The number of nitrogens with two attached hydrogens (primary N) is 1. The number of nitrogens with one attached hydrogen (secondary N) is 2. The van der Waals surface area contributed by atoms with E-state index in [4.69, 9.17) is 17.3 Å². The largest absolute Gasteiger partial charge is 0.320 e. The molecule has 1 unspecified atom stereocenters. The van der Waals surface area contributed by atoms with Gasteiger partial charge in [-0.15, -0.1) is 11.3 Å². The van der Waals surface area contributed by atoms with Crippen LogP contribution in [0.2, 0.25) is 5.02 Å². The molecule has 3 aromatic rings. The molecular formula is C13H10ClN3O2S. The molecule has 1 atom stereocenters. The summed E-state index contributed by atoms with van der Waals surface area (Å²) in [5, 5.41) is 2.50. The Kier molecular flexibility index (Phi) is 3.21. The molecule has 7 heteroatoms. The summed E-state index contributed by atoms with van der Waals surface area (Å²) < 4.78 is 0. The van der Waals surface area contributed by atoms with Gasteiger partial charge in [0.15, 0.2) is 0 Å². The molecule has 0 saturated heterocycles. The molecule has 0 bridgehead atoms. The highest BCUT2D eigenvalue weighted by Crippen LogP contribution is 2.31. The second kappa shape index (κ2) is 4.90. The second-order valence-electron chi connectivity index (χ2n) is 4.32. The van der Waals surface area contributed by atoms with Crippen molar-refractivity contribution in [3.8, 4) is 0 Å². The van der Waals surface area contributed by atoms with Crippen LogP contribution in [0.1, 0.15) is 16.5 Å². The maximum Gasteiger partial charge on any atom is 0.314 e. The lowest BCUT2D eigenvalue weighted by Crippen LogP contribution is -2.29. The van der Waals surface area contributed by atoms with E-state index in [0.717, 1.165) is 10.4 Å². The number of H-pyrrole nitrogens is 2. The molecular weight excluding hydrogens is 298 g/mol. The van der Waals surface area contributed by atoms with Crippen LogP contribution in [0.4, 0.5) is 0 Å². The number of halogens is 1. The monoisotopic (exact) mass is 307 g/mol. The third kappa shape index (κ3) is 2.18. The van der Waals surface area contributed by atoms with Gasteiger partial charge in [-0.2, -0.15) is 0 Å². The number of rotatable bonds is 2. The Morgan fingerprint density at radius 2 is 1.80 bits per heavy atom. The first kappa shape index (κ1) is 13.1. The Bertz CT molecular complexity index is 896. The fourth-order valence-electron chi connectivity index (χ4n) is 2.00.